The van der Waals surface area contributed by atoms with Crippen molar-refractivity contribution in [1.82, 2.24) is 5.32 Å². The van der Waals surface area contributed by atoms with E-state index in [4.69, 9.17) is 0 Å². The molecule has 29 heavy (non-hydrogen) atoms. The van der Waals surface area contributed by atoms with E-state index in [2.05, 4.69) is 43.4 Å². The van der Waals surface area contributed by atoms with Crippen LogP contribution in [0.4, 0.5) is 5.69 Å². The monoisotopic (exact) mass is 408 g/mol. The summed E-state index contributed by atoms with van der Waals surface area (Å²) in [6, 6.07) is 14.2. The first kappa shape index (κ1) is 20.0. The normalized spacial score (nSPS) is 21.6. The molecule has 0 aromatic heterocycles. The minimum Gasteiger partial charge on any atom is -0.349 e. The number of nitrogens with one attached hydrogen (secondary N) is 1. The summed E-state index contributed by atoms with van der Waals surface area (Å²) in [6.07, 6.45) is 4.64. The smallest absolute Gasteiger partial charge is 0.251 e. The molecule has 2 aliphatic rings. The standard InChI is InChI=1S/C24H28N2O2S/c1-16-7-9-18(10-8-16)14-26-21-13-19(11-12-22(21)29-15-23(26)27)24(28)25-20-6-4-3-5-17(20)2/h7-13,17,20H,3-6,14-15H2,1-2H3,(H,25,28)/t17-,20+/m0/s1. The number of nitrogens with zero attached hydrogens (tertiary/aromatic N) is 1. The van der Waals surface area contributed by atoms with Crippen molar-refractivity contribution in [3.8, 4) is 0 Å². The molecule has 2 aromatic carbocycles. The minimum atomic E-state index is -0.0372. The topological polar surface area (TPSA) is 49.4 Å². The van der Waals surface area contributed by atoms with Crippen molar-refractivity contribution in [2.24, 2.45) is 5.92 Å². The zero-order valence-electron chi connectivity index (χ0n) is 17.1. The summed E-state index contributed by atoms with van der Waals surface area (Å²) in [6.45, 7) is 4.80. The van der Waals surface area contributed by atoms with Crippen molar-refractivity contribution in [1.29, 1.82) is 0 Å². The second-order valence-corrected chi connectivity index (χ2v) is 9.30. The van der Waals surface area contributed by atoms with Gasteiger partial charge in [0.1, 0.15) is 0 Å². The van der Waals surface area contributed by atoms with Crippen molar-refractivity contribution in [3.05, 3.63) is 59.2 Å². The molecule has 152 valence electrons. The van der Waals surface area contributed by atoms with E-state index >= 15 is 0 Å². The van der Waals surface area contributed by atoms with Gasteiger partial charge in [0.15, 0.2) is 0 Å². The molecule has 4 rings (SSSR count). The van der Waals surface area contributed by atoms with Gasteiger partial charge in [-0.3, -0.25) is 9.59 Å². The third-order valence-corrected chi connectivity index (χ3v) is 7.10. The zero-order valence-corrected chi connectivity index (χ0v) is 17.9. The van der Waals surface area contributed by atoms with Crippen LogP contribution in [0.1, 0.15) is 54.1 Å². The maximum atomic E-state index is 12.9. The number of amides is 2. The minimum absolute atomic E-state index is 0.0372. The Hall–Kier alpha value is -2.27. The molecule has 0 unspecified atom stereocenters. The lowest BCUT2D eigenvalue weighted by Crippen LogP contribution is -2.41. The highest BCUT2D eigenvalue weighted by Crippen LogP contribution is 2.37. The van der Waals surface area contributed by atoms with Gasteiger partial charge in [-0.05, 0) is 49.4 Å². The lowest BCUT2D eigenvalue weighted by Gasteiger charge is -2.31. The molecule has 1 aliphatic carbocycles. The van der Waals surface area contributed by atoms with E-state index in [0.29, 0.717) is 23.8 Å². The number of hydrogen-bond acceptors (Lipinski definition) is 3. The highest BCUT2D eigenvalue weighted by molar-refractivity contribution is 8.00. The van der Waals surface area contributed by atoms with Gasteiger partial charge in [0.25, 0.3) is 5.91 Å². The van der Waals surface area contributed by atoms with Crippen LogP contribution in [0.3, 0.4) is 0 Å². The number of carbonyl (C=O) groups is 2. The van der Waals surface area contributed by atoms with Crippen LogP contribution in [-0.4, -0.2) is 23.6 Å². The lowest BCUT2D eigenvalue weighted by molar-refractivity contribution is -0.116. The Morgan fingerprint density at radius 3 is 2.66 bits per heavy atom. The molecular formula is C24H28N2O2S. The van der Waals surface area contributed by atoms with E-state index in [-0.39, 0.29) is 17.9 Å². The second kappa shape index (κ2) is 8.62. The molecule has 1 aliphatic heterocycles. The third kappa shape index (κ3) is 4.50. The Morgan fingerprint density at radius 2 is 1.90 bits per heavy atom. The van der Waals surface area contributed by atoms with Crippen LogP contribution in [0, 0.1) is 12.8 Å². The third-order valence-electron chi connectivity index (χ3n) is 6.05. The molecule has 1 N–H and O–H groups in total. The van der Waals surface area contributed by atoms with Gasteiger partial charge < -0.3 is 10.2 Å². The molecule has 5 heteroatoms. The van der Waals surface area contributed by atoms with Gasteiger partial charge in [0.2, 0.25) is 5.91 Å². The molecule has 0 saturated heterocycles. The number of rotatable bonds is 4. The molecule has 4 nitrogen and oxygen atoms in total. The fourth-order valence-corrected chi connectivity index (χ4v) is 5.09. The van der Waals surface area contributed by atoms with E-state index in [0.717, 1.165) is 22.6 Å². The predicted octanol–water partition coefficient (Wildman–Crippen LogP) is 4.94. The highest BCUT2D eigenvalue weighted by Gasteiger charge is 2.27. The Morgan fingerprint density at radius 1 is 1.14 bits per heavy atom. The van der Waals surface area contributed by atoms with E-state index in [1.807, 2.05) is 23.1 Å². The van der Waals surface area contributed by atoms with Gasteiger partial charge in [-0.2, -0.15) is 0 Å². The first-order valence-electron chi connectivity index (χ1n) is 10.4. The van der Waals surface area contributed by atoms with Crippen LogP contribution < -0.4 is 10.2 Å². The van der Waals surface area contributed by atoms with Gasteiger partial charge >= 0.3 is 0 Å². The van der Waals surface area contributed by atoms with Gasteiger partial charge in [-0.25, -0.2) is 0 Å². The van der Waals surface area contributed by atoms with Gasteiger partial charge in [0.05, 0.1) is 18.0 Å². The SMILES string of the molecule is Cc1ccc(CN2C(=O)CSc3ccc(C(=O)N[C@@H]4CCCC[C@@H]4C)cc32)cc1. The fraction of sp³-hybridized carbons (Fsp3) is 0.417. The summed E-state index contributed by atoms with van der Waals surface area (Å²) >= 11 is 1.55. The predicted molar refractivity (Wildman–Crippen MR) is 118 cm³/mol. The molecule has 2 aromatic rings. The molecule has 1 saturated carbocycles. The van der Waals surface area contributed by atoms with Gasteiger partial charge in [-0.15, -0.1) is 11.8 Å². The lowest BCUT2D eigenvalue weighted by atomic mass is 9.86. The molecule has 0 bridgehead atoms. The molecular weight excluding hydrogens is 380 g/mol. The Labute approximate surface area is 177 Å². The van der Waals surface area contributed by atoms with Crippen molar-refractivity contribution < 1.29 is 9.59 Å². The van der Waals surface area contributed by atoms with Crippen LogP contribution >= 0.6 is 11.8 Å². The molecule has 2 amide bonds. The first-order valence-corrected chi connectivity index (χ1v) is 11.4. The number of anilines is 1. The number of thioether (sulfide) groups is 1. The summed E-state index contributed by atoms with van der Waals surface area (Å²) in [4.78, 5) is 28.5. The average Bonchev–Trinajstić information content (AvgIpc) is 2.73. The summed E-state index contributed by atoms with van der Waals surface area (Å²) in [5.41, 5.74) is 3.76. The Kier molecular flexibility index (Phi) is 5.95. The van der Waals surface area contributed by atoms with E-state index < -0.39 is 0 Å². The summed E-state index contributed by atoms with van der Waals surface area (Å²) < 4.78 is 0. The van der Waals surface area contributed by atoms with E-state index in [9.17, 15) is 9.59 Å². The van der Waals surface area contributed by atoms with Crippen LogP contribution in [0.2, 0.25) is 0 Å². The zero-order chi connectivity index (χ0) is 20.4. The van der Waals surface area contributed by atoms with Crippen LogP contribution in [-0.2, 0) is 11.3 Å². The van der Waals surface area contributed by atoms with Crippen LogP contribution in [0.15, 0.2) is 47.4 Å². The Balaban J connectivity index is 1.56. The Bertz CT molecular complexity index is 910. The van der Waals surface area contributed by atoms with E-state index in [1.54, 1.807) is 11.8 Å². The summed E-state index contributed by atoms with van der Waals surface area (Å²) in [7, 11) is 0. The number of benzene rings is 2. The summed E-state index contributed by atoms with van der Waals surface area (Å²) in [5.74, 6) is 0.996. The molecule has 0 spiro atoms. The molecule has 1 fully saturated rings. The fourth-order valence-electron chi connectivity index (χ4n) is 4.18. The van der Waals surface area contributed by atoms with Crippen molar-refractivity contribution in [2.75, 3.05) is 10.7 Å². The second-order valence-electron chi connectivity index (χ2n) is 8.28. The molecule has 0 radical (unpaired) electrons. The quantitative estimate of drug-likeness (QED) is 0.779. The van der Waals surface area contributed by atoms with Gasteiger partial charge in [0, 0.05) is 16.5 Å². The molecule has 1 heterocycles. The van der Waals surface area contributed by atoms with E-state index in [1.165, 1.54) is 24.8 Å². The number of hydrogen-bond donors (Lipinski definition) is 1. The maximum absolute atomic E-state index is 12.9. The highest BCUT2D eigenvalue weighted by atomic mass is 32.2. The largest absolute Gasteiger partial charge is 0.349 e. The van der Waals surface area contributed by atoms with Crippen molar-refractivity contribution in [2.45, 2.75) is 57.0 Å². The van der Waals surface area contributed by atoms with Crippen LogP contribution in [0.25, 0.3) is 0 Å². The number of carbonyl (C=O) groups excluding carboxylic acids is 2. The van der Waals surface area contributed by atoms with Crippen molar-refractivity contribution >= 4 is 29.3 Å². The van der Waals surface area contributed by atoms with Crippen molar-refractivity contribution in [3.63, 3.8) is 0 Å². The number of fused-ring (bicyclic) bond motifs is 1. The maximum Gasteiger partial charge on any atom is 0.251 e. The summed E-state index contributed by atoms with van der Waals surface area (Å²) in [5, 5.41) is 3.22. The number of aryl methyl sites for hydroxylation is 1. The average molecular weight is 409 g/mol. The molecule has 2 atom stereocenters. The first-order chi connectivity index (χ1) is 14.0. The van der Waals surface area contributed by atoms with Gasteiger partial charge in [-0.1, -0.05) is 49.6 Å². The van der Waals surface area contributed by atoms with Crippen LogP contribution in [0.5, 0.6) is 0 Å².